The first-order valence-electron chi connectivity index (χ1n) is 7.92. The molecule has 1 amide bonds. The standard InChI is InChI=1S/C15H25N5O.ClH/c1-19-7-6-17-15(19)13-10-16-5-8-20(13)11-14(21)18-9-12-3-2-4-12;/h6-7,12-13,16H,2-5,8-11H2,1H3,(H,18,21);1H. The van der Waals surface area contributed by atoms with Crippen molar-refractivity contribution in [2.75, 3.05) is 32.7 Å². The van der Waals surface area contributed by atoms with E-state index in [0.29, 0.717) is 12.5 Å². The summed E-state index contributed by atoms with van der Waals surface area (Å²) in [6.45, 7) is 3.97. The average molecular weight is 328 g/mol. The monoisotopic (exact) mass is 327 g/mol. The predicted octanol–water partition coefficient (Wildman–Crippen LogP) is 0.704. The Morgan fingerprint density at radius 3 is 2.95 bits per heavy atom. The van der Waals surface area contributed by atoms with Crippen molar-refractivity contribution < 1.29 is 4.79 Å². The van der Waals surface area contributed by atoms with Crippen LogP contribution in [0.2, 0.25) is 0 Å². The van der Waals surface area contributed by atoms with E-state index in [1.165, 1.54) is 19.3 Å². The molecule has 0 aromatic carbocycles. The first kappa shape index (κ1) is 17.2. The van der Waals surface area contributed by atoms with Crippen molar-refractivity contribution in [3.63, 3.8) is 0 Å². The van der Waals surface area contributed by atoms with Crippen molar-refractivity contribution in [1.29, 1.82) is 0 Å². The lowest BCUT2D eigenvalue weighted by Crippen LogP contribution is -2.50. The number of halogens is 1. The molecule has 1 unspecified atom stereocenters. The summed E-state index contributed by atoms with van der Waals surface area (Å²) in [4.78, 5) is 18.8. The summed E-state index contributed by atoms with van der Waals surface area (Å²) in [5.74, 6) is 1.87. The van der Waals surface area contributed by atoms with Gasteiger partial charge in [0.15, 0.2) is 0 Å². The summed E-state index contributed by atoms with van der Waals surface area (Å²) in [5, 5.41) is 6.48. The van der Waals surface area contributed by atoms with Crippen molar-refractivity contribution in [1.82, 2.24) is 25.1 Å². The highest BCUT2D eigenvalue weighted by Crippen LogP contribution is 2.25. The van der Waals surface area contributed by atoms with Crippen LogP contribution >= 0.6 is 12.4 Å². The van der Waals surface area contributed by atoms with Crippen LogP contribution in [0, 0.1) is 5.92 Å². The van der Waals surface area contributed by atoms with E-state index in [9.17, 15) is 4.79 Å². The lowest BCUT2D eigenvalue weighted by atomic mass is 9.85. The minimum Gasteiger partial charge on any atom is -0.355 e. The lowest BCUT2D eigenvalue weighted by molar-refractivity contribution is -0.123. The van der Waals surface area contributed by atoms with Gasteiger partial charge in [0.05, 0.1) is 12.6 Å². The van der Waals surface area contributed by atoms with E-state index in [-0.39, 0.29) is 24.4 Å². The molecule has 2 fully saturated rings. The van der Waals surface area contributed by atoms with E-state index in [1.807, 2.05) is 24.0 Å². The number of piperazine rings is 1. The van der Waals surface area contributed by atoms with E-state index in [2.05, 4.69) is 20.5 Å². The molecule has 3 rings (SSSR count). The zero-order valence-electron chi connectivity index (χ0n) is 13.1. The predicted molar refractivity (Wildman–Crippen MR) is 88.0 cm³/mol. The second-order valence-electron chi connectivity index (χ2n) is 6.19. The average Bonchev–Trinajstić information content (AvgIpc) is 2.84. The smallest absolute Gasteiger partial charge is 0.234 e. The van der Waals surface area contributed by atoms with Gasteiger partial charge in [0.2, 0.25) is 5.91 Å². The fourth-order valence-corrected chi connectivity index (χ4v) is 3.08. The molecule has 6 nitrogen and oxygen atoms in total. The third-order valence-corrected chi connectivity index (χ3v) is 4.67. The van der Waals surface area contributed by atoms with Gasteiger partial charge >= 0.3 is 0 Å². The fourth-order valence-electron chi connectivity index (χ4n) is 3.08. The van der Waals surface area contributed by atoms with Crippen molar-refractivity contribution in [3.8, 4) is 0 Å². The number of carbonyl (C=O) groups excluding carboxylic acids is 1. The quantitative estimate of drug-likeness (QED) is 0.836. The Morgan fingerprint density at radius 1 is 1.50 bits per heavy atom. The normalized spacial score (nSPS) is 22.7. The third kappa shape index (κ3) is 4.00. The Morgan fingerprint density at radius 2 is 2.32 bits per heavy atom. The molecule has 0 spiro atoms. The topological polar surface area (TPSA) is 62.2 Å². The van der Waals surface area contributed by atoms with Gasteiger partial charge in [-0.3, -0.25) is 9.69 Å². The van der Waals surface area contributed by atoms with E-state index in [0.717, 1.165) is 32.0 Å². The number of aromatic nitrogens is 2. The molecule has 22 heavy (non-hydrogen) atoms. The maximum Gasteiger partial charge on any atom is 0.234 e. The second kappa shape index (κ2) is 7.94. The molecule has 1 saturated carbocycles. The zero-order valence-corrected chi connectivity index (χ0v) is 13.9. The Labute approximate surface area is 138 Å². The van der Waals surface area contributed by atoms with Crippen LogP contribution in [-0.4, -0.2) is 53.1 Å². The second-order valence-corrected chi connectivity index (χ2v) is 6.19. The summed E-state index contributed by atoms with van der Waals surface area (Å²) < 4.78 is 2.04. The number of hydrogen-bond donors (Lipinski definition) is 2. The van der Waals surface area contributed by atoms with Crippen molar-refractivity contribution in [2.45, 2.75) is 25.3 Å². The van der Waals surface area contributed by atoms with Crippen LogP contribution in [0.25, 0.3) is 0 Å². The Kier molecular flexibility index (Phi) is 6.23. The van der Waals surface area contributed by atoms with E-state index >= 15 is 0 Å². The summed E-state index contributed by atoms with van der Waals surface area (Å²) in [6, 6.07) is 0.174. The van der Waals surface area contributed by atoms with Gasteiger partial charge < -0.3 is 15.2 Å². The molecular weight excluding hydrogens is 302 g/mol. The molecule has 2 aliphatic rings. The molecule has 2 heterocycles. The van der Waals surface area contributed by atoms with Crippen LogP contribution in [-0.2, 0) is 11.8 Å². The molecule has 1 atom stereocenters. The van der Waals surface area contributed by atoms with Gasteiger partial charge in [-0.05, 0) is 18.8 Å². The molecular formula is C15H26ClN5O. The van der Waals surface area contributed by atoms with Gasteiger partial charge in [-0.25, -0.2) is 4.98 Å². The van der Waals surface area contributed by atoms with Crippen LogP contribution in [0.4, 0.5) is 0 Å². The van der Waals surface area contributed by atoms with E-state index in [4.69, 9.17) is 0 Å². The van der Waals surface area contributed by atoms with Gasteiger partial charge in [-0.1, -0.05) is 6.42 Å². The van der Waals surface area contributed by atoms with Crippen LogP contribution in [0.1, 0.15) is 31.1 Å². The van der Waals surface area contributed by atoms with Gasteiger partial charge in [0.1, 0.15) is 5.82 Å². The van der Waals surface area contributed by atoms with E-state index in [1.54, 1.807) is 0 Å². The highest BCUT2D eigenvalue weighted by atomic mass is 35.5. The fraction of sp³-hybridized carbons (Fsp3) is 0.733. The number of aryl methyl sites for hydroxylation is 1. The highest BCUT2D eigenvalue weighted by molar-refractivity contribution is 5.85. The number of rotatable bonds is 5. The molecule has 1 aromatic rings. The molecule has 1 aliphatic carbocycles. The van der Waals surface area contributed by atoms with Crippen LogP contribution in [0.3, 0.4) is 0 Å². The third-order valence-electron chi connectivity index (χ3n) is 4.67. The molecule has 0 bridgehead atoms. The lowest BCUT2D eigenvalue weighted by Gasteiger charge is -2.35. The SMILES string of the molecule is Cl.Cn1ccnc1C1CNCCN1CC(=O)NCC1CCC1. The Bertz CT molecular complexity index is 488. The number of amides is 1. The molecule has 7 heteroatoms. The molecule has 2 N–H and O–H groups in total. The number of nitrogens with zero attached hydrogens (tertiary/aromatic N) is 3. The largest absolute Gasteiger partial charge is 0.355 e. The highest BCUT2D eigenvalue weighted by Gasteiger charge is 2.28. The Hall–Kier alpha value is -1.11. The van der Waals surface area contributed by atoms with E-state index < -0.39 is 0 Å². The summed E-state index contributed by atoms with van der Waals surface area (Å²) in [5.41, 5.74) is 0. The molecule has 1 aromatic heterocycles. The Balaban J connectivity index is 0.00000176. The molecule has 1 saturated heterocycles. The zero-order chi connectivity index (χ0) is 14.7. The van der Waals surface area contributed by atoms with Gasteiger partial charge in [-0.2, -0.15) is 0 Å². The van der Waals surface area contributed by atoms with Crippen LogP contribution in [0.15, 0.2) is 12.4 Å². The van der Waals surface area contributed by atoms with Crippen LogP contribution < -0.4 is 10.6 Å². The minimum atomic E-state index is 0. The van der Waals surface area contributed by atoms with Gasteiger partial charge in [0.25, 0.3) is 0 Å². The summed E-state index contributed by atoms with van der Waals surface area (Å²) >= 11 is 0. The minimum absolute atomic E-state index is 0. The number of nitrogens with one attached hydrogen (secondary N) is 2. The van der Waals surface area contributed by atoms with Crippen molar-refractivity contribution in [3.05, 3.63) is 18.2 Å². The number of hydrogen-bond acceptors (Lipinski definition) is 4. The molecule has 1 aliphatic heterocycles. The first-order valence-corrected chi connectivity index (χ1v) is 7.92. The number of imidazole rings is 1. The maximum atomic E-state index is 12.2. The summed E-state index contributed by atoms with van der Waals surface area (Å²) in [7, 11) is 2.01. The van der Waals surface area contributed by atoms with Crippen LogP contribution in [0.5, 0.6) is 0 Å². The van der Waals surface area contributed by atoms with Gasteiger partial charge in [0, 0.05) is 45.6 Å². The molecule has 124 valence electrons. The van der Waals surface area contributed by atoms with Crippen molar-refractivity contribution >= 4 is 18.3 Å². The molecule has 0 radical (unpaired) electrons. The number of carbonyl (C=O) groups is 1. The maximum absolute atomic E-state index is 12.2. The van der Waals surface area contributed by atoms with Crippen molar-refractivity contribution in [2.24, 2.45) is 13.0 Å². The first-order chi connectivity index (χ1) is 10.2. The summed E-state index contributed by atoms with van der Waals surface area (Å²) in [6.07, 6.45) is 7.63. The van der Waals surface area contributed by atoms with Gasteiger partial charge in [-0.15, -0.1) is 12.4 Å².